The summed E-state index contributed by atoms with van der Waals surface area (Å²) in [5.41, 5.74) is 20.0. The number of para-hydroxylation sites is 3. The maximum atomic E-state index is 6.43. The first-order valence-corrected chi connectivity index (χ1v) is 24.4. The largest absolute Gasteiger partial charge is 0.456 e. The van der Waals surface area contributed by atoms with Crippen molar-refractivity contribution in [1.29, 1.82) is 0 Å². The van der Waals surface area contributed by atoms with Crippen molar-refractivity contribution >= 4 is 49.8 Å². The molecule has 1 heterocycles. The number of rotatable bonds is 8. The molecule has 0 saturated heterocycles. The monoisotopic (exact) mass is 873 g/mol. The lowest BCUT2D eigenvalue weighted by Gasteiger charge is -2.31. The van der Waals surface area contributed by atoms with E-state index in [4.69, 9.17) is 4.42 Å². The summed E-state index contributed by atoms with van der Waals surface area (Å²) < 4.78 is 6.43. The van der Waals surface area contributed by atoms with Crippen LogP contribution in [-0.2, 0) is 5.41 Å². The van der Waals surface area contributed by atoms with Gasteiger partial charge in [0.05, 0.1) is 11.4 Å². The Hall–Kier alpha value is -7.94. The quantitative estimate of drug-likeness (QED) is 0.151. The molecule has 1 unspecified atom stereocenters. The molecule has 1 aromatic heterocycles. The Labute approximate surface area is 398 Å². The van der Waals surface area contributed by atoms with Crippen molar-refractivity contribution in [2.75, 3.05) is 4.90 Å². The lowest BCUT2D eigenvalue weighted by Crippen LogP contribution is -2.22. The molecule has 10 aromatic carbocycles. The minimum absolute atomic E-state index is 0.318. The molecule has 0 spiro atoms. The van der Waals surface area contributed by atoms with Crippen LogP contribution in [0, 0.1) is 0 Å². The molecule has 0 radical (unpaired) electrons. The molecule has 13 rings (SSSR count). The molecule has 2 heteroatoms. The first kappa shape index (κ1) is 40.3. The molecule has 2 nitrogen and oxygen atoms in total. The number of nitrogens with zero attached hydrogens (tertiary/aromatic N) is 1. The van der Waals surface area contributed by atoms with E-state index in [1.165, 1.54) is 98.5 Å². The van der Waals surface area contributed by atoms with Gasteiger partial charge in [-0.3, -0.25) is 0 Å². The van der Waals surface area contributed by atoms with Crippen molar-refractivity contribution in [2.24, 2.45) is 0 Å². The van der Waals surface area contributed by atoms with Crippen LogP contribution in [0.2, 0.25) is 0 Å². The average Bonchev–Trinajstić information content (AvgIpc) is 3.92. The zero-order valence-corrected chi connectivity index (χ0v) is 38.3. The second-order valence-corrected chi connectivity index (χ2v) is 19.1. The fourth-order valence-corrected chi connectivity index (χ4v) is 12.1. The number of furan rings is 1. The van der Waals surface area contributed by atoms with Gasteiger partial charge in [-0.1, -0.05) is 201 Å². The van der Waals surface area contributed by atoms with Crippen molar-refractivity contribution in [3.8, 4) is 44.5 Å². The number of fused-ring (bicyclic) bond motifs is 7. The normalized spacial score (nSPS) is 15.7. The van der Waals surface area contributed by atoms with Crippen LogP contribution in [0.1, 0.15) is 67.2 Å². The van der Waals surface area contributed by atoms with Crippen LogP contribution in [-0.4, -0.2) is 0 Å². The molecule has 0 amide bonds. The third-order valence-electron chi connectivity index (χ3n) is 15.4. The summed E-state index contributed by atoms with van der Waals surface area (Å²) >= 11 is 0. The van der Waals surface area contributed by atoms with Gasteiger partial charge in [-0.25, -0.2) is 0 Å². The van der Waals surface area contributed by atoms with Crippen molar-refractivity contribution in [3.05, 3.63) is 247 Å². The molecule has 0 N–H and O–H groups in total. The predicted molar refractivity (Wildman–Crippen MR) is 285 cm³/mol. The molecule has 326 valence electrons. The second-order valence-electron chi connectivity index (χ2n) is 19.1. The minimum Gasteiger partial charge on any atom is -0.456 e. The Morgan fingerprint density at radius 1 is 0.426 bits per heavy atom. The van der Waals surface area contributed by atoms with Crippen molar-refractivity contribution < 1.29 is 4.42 Å². The summed E-state index contributed by atoms with van der Waals surface area (Å²) in [5, 5.41) is 4.95. The van der Waals surface area contributed by atoms with Crippen LogP contribution in [0.25, 0.3) is 77.2 Å². The summed E-state index contributed by atoms with van der Waals surface area (Å²) in [4.78, 5) is 2.53. The highest BCUT2D eigenvalue weighted by Gasteiger charge is 2.41. The van der Waals surface area contributed by atoms with Crippen LogP contribution >= 0.6 is 0 Å². The Kier molecular flexibility index (Phi) is 9.75. The van der Waals surface area contributed by atoms with Gasteiger partial charge in [0.2, 0.25) is 0 Å². The highest BCUT2D eigenvalue weighted by Crippen LogP contribution is 2.54. The van der Waals surface area contributed by atoms with Crippen molar-refractivity contribution in [2.45, 2.75) is 50.4 Å². The second kappa shape index (κ2) is 16.4. The SMILES string of the molecule is CC1(c2ccccc2)c2ccccc2-c2ccc(-c3ccccc3N(c3cccc(-c4cccc5oc6ccccc6c45)c3)c3ccccc3-c3cccc4cccc(C5CCCCC5)c34)cc21. The van der Waals surface area contributed by atoms with Crippen LogP contribution < -0.4 is 4.90 Å². The van der Waals surface area contributed by atoms with Gasteiger partial charge in [0.15, 0.2) is 0 Å². The Morgan fingerprint density at radius 3 is 1.90 bits per heavy atom. The summed E-state index contributed by atoms with van der Waals surface area (Å²) in [5.74, 6) is 0.559. The molecule has 1 fully saturated rings. The van der Waals surface area contributed by atoms with Crippen LogP contribution in [0.15, 0.2) is 229 Å². The molecular formula is C66H51NO. The van der Waals surface area contributed by atoms with Gasteiger partial charge in [-0.2, -0.15) is 0 Å². The van der Waals surface area contributed by atoms with Gasteiger partial charge in [-0.15, -0.1) is 0 Å². The molecule has 2 aliphatic rings. The Balaban J connectivity index is 1.05. The zero-order chi connectivity index (χ0) is 45.2. The number of anilines is 3. The first-order valence-electron chi connectivity index (χ1n) is 24.4. The van der Waals surface area contributed by atoms with E-state index in [-0.39, 0.29) is 5.41 Å². The van der Waals surface area contributed by atoms with E-state index in [0.29, 0.717) is 5.92 Å². The lowest BCUT2D eigenvalue weighted by atomic mass is 9.74. The van der Waals surface area contributed by atoms with E-state index in [9.17, 15) is 0 Å². The number of hydrogen-bond donors (Lipinski definition) is 0. The van der Waals surface area contributed by atoms with Crippen molar-refractivity contribution in [3.63, 3.8) is 0 Å². The smallest absolute Gasteiger partial charge is 0.136 e. The van der Waals surface area contributed by atoms with Gasteiger partial charge in [-0.05, 0) is 135 Å². The molecule has 1 saturated carbocycles. The third kappa shape index (κ3) is 6.46. The summed E-state index contributed by atoms with van der Waals surface area (Å²) in [7, 11) is 0. The topological polar surface area (TPSA) is 16.4 Å². The summed E-state index contributed by atoms with van der Waals surface area (Å²) in [6.45, 7) is 2.41. The van der Waals surface area contributed by atoms with Gasteiger partial charge >= 0.3 is 0 Å². The van der Waals surface area contributed by atoms with E-state index >= 15 is 0 Å². The van der Waals surface area contributed by atoms with Crippen LogP contribution in [0.4, 0.5) is 17.1 Å². The van der Waals surface area contributed by atoms with Gasteiger partial charge < -0.3 is 9.32 Å². The highest BCUT2D eigenvalue weighted by atomic mass is 16.3. The number of benzene rings is 10. The van der Waals surface area contributed by atoms with Crippen LogP contribution in [0.5, 0.6) is 0 Å². The minimum atomic E-state index is -0.318. The molecule has 1 atom stereocenters. The van der Waals surface area contributed by atoms with E-state index in [1.807, 2.05) is 6.07 Å². The standard InChI is InChI=1S/C66H51NO/c1-66(48-25-6-3-7-26-48)58-35-12-8-29-53(58)54-41-40-47(43-59(54)66)50-28-9-13-36-60(50)67(49-27-16-24-46(42-49)52-33-19-39-63-65(52)57-31-11-15-38-62(57)68-63)61-37-14-10-30-55(61)56-34-18-23-45-22-17-32-51(64(45)56)44-20-4-2-5-21-44/h3,6-19,22-44H,2,4-5,20-21H2,1H3. The van der Waals surface area contributed by atoms with E-state index in [1.54, 1.807) is 0 Å². The summed E-state index contributed by atoms with van der Waals surface area (Å²) in [6, 6.07) is 83.3. The van der Waals surface area contributed by atoms with Gasteiger partial charge in [0, 0.05) is 33.0 Å². The maximum absolute atomic E-state index is 6.43. The lowest BCUT2D eigenvalue weighted by molar-refractivity contribution is 0.445. The first-order chi connectivity index (χ1) is 33.6. The molecule has 2 aliphatic carbocycles. The molecule has 11 aromatic rings. The fourth-order valence-electron chi connectivity index (χ4n) is 12.1. The van der Waals surface area contributed by atoms with Crippen molar-refractivity contribution in [1.82, 2.24) is 0 Å². The molecule has 0 aliphatic heterocycles. The number of hydrogen-bond acceptors (Lipinski definition) is 2. The highest BCUT2D eigenvalue weighted by molar-refractivity contribution is 6.13. The summed E-state index contributed by atoms with van der Waals surface area (Å²) in [6.07, 6.45) is 6.41. The molecule has 68 heavy (non-hydrogen) atoms. The Morgan fingerprint density at radius 2 is 1.04 bits per heavy atom. The molecular weight excluding hydrogens is 823 g/mol. The fraction of sp³-hybridized carbons (Fsp3) is 0.121. The maximum Gasteiger partial charge on any atom is 0.136 e. The van der Waals surface area contributed by atoms with E-state index in [2.05, 4.69) is 230 Å². The van der Waals surface area contributed by atoms with Gasteiger partial charge in [0.1, 0.15) is 11.2 Å². The third-order valence-corrected chi connectivity index (χ3v) is 15.4. The predicted octanol–water partition coefficient (Wildman–Crippen LogP) is 18.6. The molecule has 0 bridgehead atoms. The van der Waals surface area contributed by atoms with E-state index in [0.717, 1.165) is 50.1 Å². The van der Waals surface area contributed by atoms with Crippen LogP contribution in [0.3, 0.4) is 0 Å². The van der Waals surface area contributed by atoms with Gasteiger partial charge in [0.25, 0.3) is 0 Å². The Bertz CT molecular complexity index is 3700. The zero-order valence-electron chi connectivity index (χ0n) is 38.3. The van der Waals surface area contributed by atoms with E-state index < -0.39 is 0 Å². The average molecular weight is 874 g/mol.